The summed E-state index contributed by atoms with van der Waals surface area (Å²) >= 11 is 1.81. The van der Waals surface area contributed by atoms with Crippen molar-refractivity contribution in [1.82, 2.24) is 5.32 Å². The molecule has 0 aliphatic carbocycles. The van der Waals surface area contributed by atoms with Gasteiger partial charge in [-0.25, -0.2) is 0 Å². The van der Waals surface area contributed by atoms with Gasteiger partial charge in [-0.05, 0) is 37.4 Å². The predicted molar refractivity (Wildman–Crippen MR) is 79.9 cm³/mol. The van der Waals surface area contributed by atoms with Crippen molar-refractivity contribution in [3.63, 3.8) is 0 Å². The first-order valence-corrected chi connectivity index (χ1v) is 8.10. The molecule has 1 atom stereocenters. The Kier molecular flexibility index (Phi) is 5.39. The van der Waals surface area contributed by atoms with Crippen LogP contribution < -0.4 is 5.32 Å². The first kappa shape index (κ1) is 15.0. The van der Waals surface area contributed by atoms with Crippen molar-refractivity contribution in [3.05, 3.63) is 21.9 Å². The zero-order chi connectivity index (χ0) is 13.7. The highest BCUT2D eigenvalue weighted by Gasteiger charge is 2.42. The number of thiophene rings is 1. The van der Waals surface area contributed by atoms with Crippen molar-refractivity contribution in [2.75, 3.05) is 26.4 Å². The Hall–Kier alpha value is -0.420. The Bertz CT molecular complexity index is 380. The molecule has 3 nitrogen and oxygen atoms in total. The molecule has 2 rings (SSSR count). The molecule has 108 valence electrons. The molecule has 0 bridgehead atoms. The van der Waals surface area contributed by atoms with Gasteiger partial charge in [-0.3, -0.25) is 0 Å². The molecule has 1 N–H and O–H groups in total. The lowest BCUT2D eigenvalue weighted by atomic mass is 9.82. The molecule has 0 spiro atoms. The van der Waals surface area contributed by atoms with Crippen LogP contribution in [-0.4, -0.2) is 32.0 Å². The van der Waals surface area contributed by atoms with E-state index in [4.69, 9.17) is 9.47 Å². The monoisotopic (exact) mass is 283 g/mol. The molecular weight excluding hydrogens is 258 g/mol. The summed E-state index contributed by atoms with van der Waals surface area (Å²) in [4.78, 5) is 1.39. The van der Waals surface area contributed by atoms with Gasteiger partial charge in [0.15, 0.2) is 0 Å². The van der Waals surface area contributed by atoms with Crippen molar-refractivity contribution in [3.8, 4) is 0 Å². The van der Waals surface area contributed by atoms with Crippen molar-refractivity contribution in [2.24, 2.45) is 0 Å². The quantitative estimate of drug-likeness (QED) is 0.869. The van der Waals surface area contributed by atoms with Gasteiger partial charge >= 0.3 is 0 Å². The van der Waals surface area contributed by atoms with E-state index in [0.717, 1.165) is 39.2 Å². The molecule has 1 saturated heterocycles. The van der Waals surface area contributed by atoms with Crippen molar-refractivity contribution < 1.29 is 9.47 Å². The number of nitrogens with one attached hydrogen (secondary N) is 1. The smallest absolute Gasteiger partial charge is 0.0920 e. The summed E-state index contributed by atoms with van der Waals surface area (Å²) < 4.78 is 11.8. The summed E-state index contributed by atoms with van der Waals surface area (Å²) in [6.07, 6.45) is 1.93. The molecule has 0 amide bonds. The minimum atomic E-state index is -0.116. The van der Waals surface area contributed by atoms with Crippen LogP contribution in [0, 0.1) is 6.92 Å². The minimum Gasteiger partial charge on any atom is -0.381 e. The number of hydrogen-bond donors (Lipinski definition) is 1. The van der Waals surface area contributed by atoms with Crippen LogP contribution in [-0.2, 0) is 9.47 Å². The fraction of sp³-hybridized carbons (Fsp3) is 0.733. The van der Waals surface area contributed by atoms with Crippen molar-refractivity contribution in [1.29, 1.82) is 0 Å². The number of rotatable bonds is 6. The van der Waals surface area contributed by atoms with E-state index >= 15 is 0 Å². The Balaban J connectivity index is 2.31. The number of aryl methyl sites for hydroxylation is 1. The Morgan fingerprint density at radius 2 is 2.16 bits per heavy atom. The Morgan fingerprint density at radius 3 is 2.68 bits per heavy atom. The van der Waals surface area contributed by atoms with Gasteiger partial charge in [-0.1, -0.05) is 6.92 Å². The largest absolute Gasteiger partial charge is 0.381 e. The van der Waals surface area contributed by atoms with E-state index in [1.54, 1.807) is 0 Å². The second kappa shape index (κ2) is 6.84. The summed E-state index contributed by atoms with van der Waals surface area (Å²) in [5.74, 6) is 0. The number of likely N-dealkylation sites (N-methyl/N-ethyl adjacent to an activating group) is 1. The molecule has 4 heteroatoms. The Labute approximate surface area is 120 Å². The number of hydrogen-bond acceptors (Lipinski definition) is 4. The van der Waals surface area contributed by atoms with Crippen LogP contribution in [0.1, 0.15) is 43.2 Å². The van der Waals surface area contributed by atoms with Gasteiger partial charge in [0.05, 0.1) is 11.6 Å². The van der Waals surface area contributed by atoms with E-state index in [9.17, 15) is 0 Å². The maximum Gasteiger partial charge on any atom is 0.0920 e. The summed E-state index contributed by atoms with van der Waals surface area (Å²) in [5, 5.41) is 5.82. The number of ether oxygens (including phenoxy) is 2. The molecule has 19 heavy (non-hydrogen) atoms. The van der Waals surface area contributed by atoms with Gasteiger partial charge in [0.1, 0.15) is 0 Å². The van der Waals surface area contributed by atoms with Crippen LogP contribution in [0.15, 0.2) is 11.4 Å². The average molecular weight is 283 g/mol. The first-order chi connectivity index (χ1) is 9.23. The Morgan fingerprint density at radius 1 is 1.42 bits per heavy atom. The molecule has 0 radical (unpaired) electrons. The predicted octanol–water partition coefficient (Wildman–Crippen LogP) is 3.29. The van der Waals surface area contributed by atoms with E-state index in [1.807, 2.05) is 11.3 Å². The maximum absolute atomic E-state index is 6.23. The molecule has 1 unspecified atom stereocenters. The van der Waals surface area contributed by atoms with E-state index in [0.29, 0.717) is 0 Å². The van der Waals surface area contributed by atoms with Gasteiger partial charge in [-0.15, -0.1) is 11.3 Å². The van der Waals surface area contributed by atoms with Crippen LogP contribution in [0.5, 0.6) is 0 Å². The first-order valence-electron chi connectivity index (χ1n) is 7.22. The van der Waals surface area contributed by atoms with Crippen LogP contribution in [0.2, 0.25) is 0 Å². The lowest BCUT2D eigenvalue weighted by Crippen LogP contribution is -2.50. The molecule has 2 heterocycles. The zero-order valence-corrected chi connectivity index (χ0v) is 13.0. The van der Waals surface area contributed by atoms with E-state index < -0.39 is 0 Å². The molecule has 0 saturated carbocycles. The van der Waals surface area contributed by atoms with Gasteiger partial charge in [0.2, 0.25) is 0 Å². The van der Waals surface area contributed by atoms with Crippen molar-refractivity contribution in [2.45, 2.75) is 45.3 Å². The third-order valence-electron chi connectivity index (χ3n) is 3.92. The highest BCUT2D eigenvalue weighted by Crippen LogP contribution is 2.40. The topological polar surface area (TPSA) is 30.5 Å². The third-order valence-corrected chi connectivity index (χ3v) is 4.78. The normalized spacial score (nSPS) is 20.4. The fourth-order valence-corrected chi connectivity index (χ4v) is 3.74. The minimum absolute atomic E-state index is 0.116. The highest BCUT2D eigenvalue weighted by atomic mass is 32.1. The van der Waals surface area contributed by atoms with Crippen LogP contribution in [0.25, 0.3) is 0 Å². The van der Waals surface area contributed by atoms with Crippen LogP contribution in [0.4, 0.5) is 0 Å². The summed E-state index contributed by atoms with van der Waals surface area (Å²) in [5.41, 5.74) is 1.27. The average Bonchev–Trinajstić information content (AvgIpc) is 2.83. The maximum atomic E-state index is 6.23. The summed E-state index contributed by atoms with van der Waals surface area (Å²) in [6.45, 7) is 9.74. The molecule has 1 fully saturated rings. The molecule has 1 aromatic rings. The molecular formula is C15H25NO2S. The molecule has 0 aromatic carbocycles. The highest BCUT2D eigenvalue weighted by molar-refractivity contribution is 7.10. The lowest BCUT2D eigenvalue weighted by Gasteiger charge is -2.43. The van der Waals surface area contributed by atoms with Gasteiger partial charge < -0.3 is 14.8 Å². The molecule has 1 aliphatic heterocycles. The fourth-order valence-electron chi connectivity index (χ4n) is 3.00. The van der Waals surface area contributed by atoms with Crippen LogP contribution >= 0.6 is 11.3 Å². The van der Waals surface area contributed by atoms with E-state index in [-0.39, 0.29) is 11.6 Å². The van der Waals surface area contributed by atoms with E-state index in [1.165, 1.54) is 10.4 Å². The second-order valence-corrected chi connectivity index (χ2v) is 6.15. The van der Waals surface area contributed by atoms with Crippen LogP contribution in [0.3, 0.4) is 0 Å². The zero-order valence-electron chi connectivity index (χ0n) is 12.2. The summed E-state index contributed by atoms with van der Waals surface area (Å²) in [6, 6.07) is 2.51. The van der Waals surface area contributed by atoms with Crippen molar-refractivity contribution >= 4 is 11.3 Å². The second-order valence-electron chi connectivity index (χ2n) is 5.03. The standard InChI is InChI=1S/C15H25NO2S/c1-4-16-14(13-6-11-19-12(13)3)15(18-5-2)7-9-17-10-8-15/h6,11,14,16H,4-5,7-10H2,1-3H3. The van der Waals surface area contributed by atoms with Gasteiger partial charge in [0, 0.05) is 37.5 Å². The SMILES string of the molecule is CCNC(c1ccsc1C)C1(OCC)CCOCC1. The summed E-state index contributed by atoms with van der Waals surface area (Å²) in [7, 11) is 0. The van der Waals surface area contributed by atoms with E-state index in [2.05, 4.69) is 37.5 Å². The van der Waals surface area contributed by atoms with Gasteiger partial charge in [-0.2, -0.15) is 0 Å². The lowest BCUT2D eigenvalue weighted by molar-refractivity contribution is -0.127. The molecule has 1 aromatic heterocycles. The molecule has 1 aliphatic rings. The third kappa shape index (κ3) is 3.19. The van der Waals surface area contributed by atoms with Gasteiger partial charge in [0.25, 0.3) is 0 Å².